The summed E-state index contributed by atoms with van der Waals surface area (Å²) in [6.07, 6.45) is 12.3. The number of fused-ring (bicyclic) bond motifs is 5. The first-order chi connectivity index (χ1) is 17.0. The van der Waals surface area contributed by atoms with Crippen LogP contribution in [0, 0.1) is 46.3 Å². The summed E-state index contributed by atoms with van der Waals surface area (Å²) >= 11 is 0. The van der Waals surface area contributed by atoms with E-state index in [-0.39, 0.29) is 35.0 Å². The minimum Gasteiger partial charge on any atom is -0.462 e. The molecule has 0 N–H and O–H groups in total. The Morgan fingerprint density at radius 1 is 1.06 bits per heavy atom. The first-order valence-corrected chi connectivity index (χ1v) is 14.6. The highest BCUT2D eigenvalue weighted by molar-refractivity contribution is 5.87. The molecule has 5 nitrogen and oxygen atoms in total. The molecule has 3 fully saturated rings. The second kappa shape index (κ2) is 9.58. The Morgan fingerprint density at radius 2 is 1.81 bits per heavy atom. The maximum Gasteiger partial charge on any atom is 0.302 e. The maximum atomic E-state index is 12.2. The van der Waals surface area contributed by atoms with Crippen LogP contribution in [-0.2, 0) is 19.1 Å². The first kappa shape index (κ1) is 26.0. The quantitative estimate of drug-likeness (QED) is 0.326. The average Bonchev–Trinajstić information content (AvgIpc) is 3.10. The van der Waals surface area contributed by atoms with Crippen LogP contribution in [0.4, 0.5) is 0 Å². The number of allylic oxidation sites excluding steroid dienone is 1. The molecule has 3 saturated carbocycles. The molecule has 1 aliphatic heterocycles. The molecule has 1 heterocycles. The molecule has 0 aromatic heterocycles. The van der Waals surface area contributed by atoms with Crippen molar-refractivity contribution in [3.8, 4) is 0 Å². The lowest BCUT2D eigenvalue weighted by molar-refractivity contribution is -0.150. The molecular weight excluding hydrogens is 450 g/mol. The van der Waals surface area contributed by atoms with Gasteiger partial charge in [-0.15, -0.1) is 0 Å². The molecule has 0 spiro atoms. The van der Waals surface area contributed by atoms with Crippen LogP contribution in [0.2, 0.25) is 0 Å². The molecule has 0 radical (unpaired) electrons. The van der Waals surface area contributed by atoms with Crippen molar-refractivity contribution in [3.05, 3.63) is 11.6 Å². The van der Waals surface area contributed by atoms with Gasteiger partial charge in [-0.25, -0.2) is 0 Å². The molecule has 10 atom stereocenters. The fourth-order valence-electron chi connectivity index (χ4n) is 9.63. The van der Waals surface area contributed by atoms with E-state index in [0.29, 0.717) is 35.5 Å². The molecule has 0 bridgehead atoms. The van der Waals surface area contributed by atoms with Crippen molar-refractivity contribution in [2.24, 2.45) is 51.3 Å². The van der Waals surface area contributed by atoms with Crippen LogP contribution < -0.4 is 0 Å². The van der Waals surface area contributed by atoms with E-state index in [1.165, 1.54) is 37.5 Å². The Hall–Kier alpha value is -1.65. The molecule has 0 saturated heterocycles. The molecule has 0 amide bonds. The van der Waals surface area contributed by atoms with E-state index < -0.39 is 0 Å². The minimum atomic E-state index is -0.161. The van der Waals surface area contributed by atoms with Gasteiger partial charge in [0.15, 0.2) is 0 Å². The van der Waals surface area contributed by atoms with E-state index in [2.05, 4.69) is 33.8 Å². The Labute approximate surface area is 217 Å². The van der Waals surface area contributed by atoms with Crippen molar-refractivity contribution >= 4 is 17.7 Å². The third-order valence-electron chi connectivity index (χ3n) is 11.4. The smallest absolute Gasteiger partial charge is 0.302 e. The number of hydrogen-bond donors (Lipinski definition) is 0. The summed E-state index contributed by atoms with van der Waals surface area (Å²) in [4.78, 5) is 28.8. The number of carbonyl (C=O) groups is 2. The molecule has 36 heavy (non-hydrogen) atoms. The lowest BCUT2D eigenvalue weighted by atomic mass is 9.47. The zero-order valence-electron chi connectivity index (χ0n) is 23.3. The molecule has 0 aromatic carbocycles. The van der Waals surface area contributed by atoms with E-state index in [1.807, 2.05) is 0 Å². The predicted octanol–water partition coefficient (Wildman–Crippen LogP) is 6.55. The van der Waals surface area contributed by atoms with Gasteiger partial charge >= 0.3 is 11.9 Å². The lowest BCUT2D eigenvalue weighted by Crippen LogP contribution is -2.51. The predicted molar refractivity (Wildman–Crippen MR) is 142 cm³/mol. The topological polar surface area (TPSA) is 65.0 Å². The number of aliphatic imine (C=N–C) groups is 1. The van der Waals surface area contributed by atoms with Crippen LogP contribution in [0.25, 0.3) is 0 Å². The summed E-state index contributed by atoms with van der Waals surface area (Å²) in [7, 11) is 0. The van der Waals surface area contributed by atoms with Gasteiger partial charge in [0.1, 0.15) is 12.2 Å². The molecule has 5 rings (SSSR count). The summed E-state index contributed by atoms with van der Waals surface area (Å²) in [6, 6.07) is 0. The monoisotopic (exact) mass is 497 g/mol. The Balaban J connectivity index is 1.43. The van der Waals surface area contributed by atoms with Gasteiger partial charge in [-0.05, 0) is 85.9 Å². The Bertz CT molecular complexity index is 954. The number of rotatable bonds is 4. The van der Waals surface area contributed by atoms with E-state index in [0.717, 1.165) is 45.1 Å². The van der Waals surface area contributed by atoms with Gasteiger partial charge in [-0.1, -0.05) is 39.3 Å². The van der Waals surface area contributed by atoms with Crippen molar-refractivity contribution in [2.75, 3.05) is 6.54 Å². The van der Waals surface area contributed by atoms with Crippen LogP contribution in [0.5, 0.6) is 0 Å². The normalized spacial score (nSPS) is 44.8. The summed E-state index contributed by atoms with van der Waals surface area (Å²) in [5.41, 5.74) is 3.25. The number of ether oxygens (including phenoxy) is 2. The highest BCUT2D eigenvalue weighted by Gasteiger charge is 2.63. The standard InChI is InChI=1S/C31H47NO4/c1-18-7-10-27(32-17-18)19(2)29-28(36-21(4)34)16-26-24-9-8-22-15-23(35-20(3)33)11-13-30(22,5)25(24)12-14-31(26,29)6/h8,18-19,23-26,28-29H,7,9-17H2,1-6H3/t18-,19+,23+,24-,25+,26-,28-,29-,30-,31-/m0/s1. The molecule has 5 heteroatoms. The molecule has 5 aliphatic rings. The Morgan fingerprint density at radius 3 is 2.47 bits per heavy atom. The third-order valence-corrected chi connectivity index (χ3v) is 11.4. The van der Waals surface area contributed by atoms with E-state index in [9.17, 15) is 9.59 Å². The van der Waals surface area contributed by atoms with Crippen LogP contribution in [0.3, 0.4) is 0 Å². The van der Waals surface area contributed by atoms with Gasteiger partial charge in [0.05, 0.1) is 0 Å². The van der Waals surface area contributed by atoms with Crippen molar-refractivity contribution in [1.29, 1.82) is 0 Å². The highest BCUT2D eigenvalue weighted by Crippen LogP contribution is 2.67. The van der Waals surface area contributed by atoms with E-state index in [4.69, 9.17) is 14.5 Å². The fourth-order valence-corrected chi connectivity index (χ4v) is 9.63. The summed E-state index contributed by atoms with van der Waals surface area (Å²) in [5.74, 6) is 2.93. The van der Waals surface area contributed by atoms with E-state index >= 15 is 0 Å². The third kappa shape index (κ3) is 4.36. The lowest BCUT2D eigenvalue weighted by Gasteiger charge is -2.58. The van der Waals surface area contributed by atoms with Crippen LogP contribution in [-0.4, -0.2) is 36.4 Å². The zero-order valence-corrected chi connectivity index (χ0v) is 23.3. The SMILES string of the molecule is CC(=O)O[C@@H]1CC[C@@]2(C)C(=CC[C@H]3[C@H]2CC[C@]2(C)[C@@H]([C@H](C)C4=NC[C@@H](C)CC4)[C@@H](OC(C)=O)C[C@@H]32)C1. The fraction of sp³-hybridized carbons (Fsp3) is 0.839. The number of carbonyl (C=O) groups excluding carboxylic acids is 2. The molecule has 4 aliphatic carbocycles. The van der Waals surface area contributed by atoms with Gasteiger partial charge in [0.2, 0.25) is 0 Å². The summed E-state index contributed by atoms with van der Waals surface area (Å²) < 4.78 is 11.7. The summed E-state index contributed by atoms with van der Waals surface area (Å²) in [6.45, 7) is 13.7. The van der Waals surface area contributed by atoms with Gasteiger partial charge < -0.3 is 9.47 Å². The maximum absolute atomic E-state index is 12.2. The van der Waals surface area contributed by atoms with Gasteiger partial charge in [-0.3, -0.25) is 14.6 Å². The van der Waals surface area contributed by atoms with Crippen molar-refractivity contribution in [3.63, 3.8) is 0 Å². The first-order valence-electron chi connectivity index (χ1n) is 14.6. The zero-order chi connectivity index (χ0) is 25.8. The minimum absolute atomic E-state index is 0.00816. The van der Waals surface area contributed by atoms with Crippen molar-refractivity contribution in [1.82, 2.24) is 0 Å². The molecule has 0 aromatic rings. The van der Waals surface area contributed by atoms with E-state index in [1.54, 1.807) is 6.92 Å². The number of esters is 2. The van der Waals surface area contributed by atoms with Crippen LogP contribution in [0.15, 0.2) is 16.6 Å². The molecular formula is C31H47NO4. The Kier molecular flexibility index (Phi) is 6.91. The second-order valence-electron chi connectivity index (χ2n) is 13.5. The van der Waals surface area contributed by atoms with Crippen LogP contribution in [0.1, 0.15) is 99.3 Å². The van der Waals surface area contributed by atoms with Crippen molar-refractivity contribution < 1.29 is 19.1 Å². The van der Waals surface area contributed by atoms with Crippen LogP contribution >= 0.6 is 0 Å². The van der Waals surface area contributed by atoms with Gasteiger partial charge in [-0.2, -0.15) is 0 Å². The van der Waals surface area contributed by atoms with Gasteiger partial charge in [0.25, 0.3) is 0 Å². The summed E-state index contributed by atoms with van der Waals surface area (Å²) in [5, 5.41) is 0. The number of hydrogen-bond acceptors (Lipinski definition) is 5. The highest BCUT2D eigenvalue weighted by atomic mass is 16.5. The largest absolute Gasteiger partial charge is 0.462 e. The van der Waals surface area contributed by atoms with Gasteiger partial charge in [0, 0.05) is 44.4 Å². The molecule has 0 unspecified atom stereocenters. The molecule has 200 valence electrons. The number of nitrogens with zero attached hydrogens (tertiary/aromatic N) is 1. The average molecular weight is 498 g/mol. The van der Waals surface area contributed by atoms with Crippen molar-refractivity contribution in [2.45, 2.75) is 112 Å². The second-order valence-corrected chi connectivity index (χ2v) is 13.5.